The quantitative estimate of drug-likeness (QED) is 0.861. The second-order valence-corrected chi connectivity index (χ2v) is 6.35. The fraction of sp³-hybridized carbons (Fsp3) is 0.562. The van der Waals surface area contributed by atoms with Crippen molar-refractivity contribution in [3.8, 4) is 0 Å². The zero-order chi connectivity index (χ0) is 14.2. The molecule has 0 bridgehead atoms. The van der Waals surface area contributed by atoms with Crippen molar-refractivity contribution in [2.24, 2.45) is 23.3 Å². The van der Waals surface area contributed by atoms with Crippen LogP contribution in [0.15, 0.2) is 30.3 Å². The first kappa shape index (κ1) is 13.6. The molecule has 4 N–H and O–H groups in total. The van der Waals surface area contributed by atoms with Crippen molar-refractivity contribution in [3.63, 3.8) is 0 Å². The highest BCUT2D eigenvalue weighted by molar-refractivity contribution is 5.86. The first-order valence-corrected chi connectivity index (χ1v) is 7.46. The number of primary amides is 1. The van der Waals surface area contributed by atoms with Crippen molar-refractivity contribution in [2.75, 3.05) is 19.6 Å². The molecule has 3 rings (SSSR count). The number of nitrogens with zero attached hydrogens (tertiary/aromatic N) is 1. The molecule has 1 heterocycles. The summed E-state index contributed by atoms with van der Waals surface area (Å²) in [4.78, 5) is 14.3. The monoisotopic (exact) mass is 273 g/mol. The van der Waals surface area contributed by atoms with Crippen molar-refractivity contribution < 1.29 is 4.79 Å². The number of carbonyl (C=O) groups is 1. The molecule has 3 atom stereocenters. The van der Waals surface area contributed by atoms with Crippen LogP contribution in [0.2, 0.25) is 0 Å². The number of benzene rings is 1. The Morgan fingerprint density at radius 2 is 1.80 bits per heavy atom. The lowest BCUT2D eigenvalue weighted by atomic mass is 9.89. The highest BCUT2D eigenvalue weighted by atomic mass is 16.1. The van der Waals surface area contributed by atoms with Gasteiger partial charge in [0, 0.05) is 19.6 Å². The Labute approximate surface area is 120 Å². The van der Waals surface area contributed by atoms with E-state index in [-0.39, 0.29) is 0 Å². The molecule has 4 nitrogen and oxygen atoms in total. The van der Waals surface area contributed by atoms with Gasteiger partial charge in [-0.25, -0.2) is 0 Å². The molecule has 1 aromatic rings. The van der Waals surface area contributed by atoms with Gasteiger partial charge in [-0.1, -0.05) is 36.8 Å². The summed E-state index contributed by atoms with van der Waals surface area (Å²) in [6.45, 7) is 2.65. The molecule has 1 aliphatic heterocycles. The summed E-state index contributed by atoms with van der Waals surface area (Å²) in [6, 6.07) is 9.51. The van der Waals surface area contributed by atoms with Gasteiger partial charge in [0.2, 0.25) is 5.91 Å². The summed E-state index contributed by atoms with van der Waals surface area (Å²) in [5.74, 6) is 1.14. The van der Waals surface area contributed by atoms with Gasteiger partial charge in [0.1, 0.15) is 5.54 Å². The van der Waals surface area contributed by atoms with Gasteiger partial charge in [-0.2, -0.15) is 0 Å². The number of nitrogens with two attached hydrogens (primary N) is 2. The standard InChI is InChI=1S/C16H23N3O/c17-15(20)16(18,14-7-2-1-3-8-14)11-19-9-12-5-4-6-13(12)10-19/h1-3,7-8,12-13H,4-6,9-11,18H2,(H2,17,20). The van der Waals surface area contributed by atoms with E-state index in [0.717, 1.165) is 30.5 Å². The fourth-order valence-corrected chi connectivity index (χ4v) is 3.86. The SMILES string of the molecule is NC(=O)C(N)(CN1CC2CCCC2C1)c1ccccc1. The van der Waals surface area contributed by atoms with Crippen LogP contribution in [0.1, 0.15) is 24.8 Å². The van der Waals surface area contributed by atoms with Gasteiger partial charge in [-0.15, -0.1) is 0 Å². The third-order valence-electron chi connectivity index (χ3n) is 5.00. The summed E-state index contributed by atoms with van der Waals surface area (Å²) in [7, 11) is 0. The van der Waals surface area contributed by atoms with Gasteiger partial charge in [0.25, 0.3) is 0 Å². The average Bonchev–Trinajstić information content (AvgIpc) is 3.00. The molecule has 4 heteroatoms. The van der Waals surface area contributed by atoms with Crippen LogP contribution < -0.4 is 11.5 Å². The minimum absolute atomic E-state index is 0.444. The summed E-state index contributed by atoms with van der Waals surface area (Å²) in [5, 5.41) is 0. The number of hydrogen-bond donors (Lipinski definition) is 2. The van der Waals surface area contributed by atoms with Crippen molar-refractivity contribution >= 4 is 5.91 Å². The highest BCUT2D eigenvalue weighted by Gasteiger charge is 2.42. The zero-order valence-electron chi connectivity index (χ0n) is 11.8. The van der Waals surface area contributed by atoms with Gasteiger partial charge in [0.15, 0.2) is 0 Å². The first-order valence-electron chi connectivity index (χ1n) is 7.46. The molecule has 1 amide bonds. The summed E-state index contributed by atoms with van der Waals surface area (Å²) >= 11 is 0. The van der Waals surface area contributed by atoms with E-state index >= 15 is 0 Å². The minimum atomic E-state index is -1.08. The normalized spacial score (nSPS) is 29.1. The maximum Gasteiger partial charge on any atom is 0.243 e. The lowest BCUT2D eigenvalue weighted by Crippen LogP contribution is -2.56. The minimum Gasteiger partial charge on any atom is -0.368 e. The molecule has 1 aromatic carbocycles. The van der Waals surface area contributed by atoms with E-state index in [1.165, 1.54) is 19.3 Å². The second kappa shape index (κ2) is 5.19. The third-order valence-corrected chi connectivity index (χ3v) is 5.00. The van der Waals surface area contributed by atoms with Gasteiger partial charge in [-0.3, -0.25) is 4.79 Å². The molecular weight excluding hydrogens is 250 g/mol. The third kappa shape index (κ3) is 2.34. The Morgan fingerprint density at radius 1 is 1.20 bits per heavy atom. The molecule has 0 radical (unpaired) electrons. The average molecular weight is 273 g/mol. The van der Waals surface area contributed by atoms with Crippen LogP contribution in [0.5, 0.6) is 0 Å². The van der Waals surface area contributed by atoms with Crippen LogP contribution in [0, 0.1) is 11.8 Å². The predicted octanol–water partition coefficient (Wildman–Crippen LogP) is 1.06. The second-order valence-electron chi connectivity index (χ2n) is 6.35. The lowest BCUT2D eigenvalue weighted by molar-refractivity contribution is -0.124. The molecular formula is C16H23N3O. The Morgan fingerprint density at radius 3 is 2.35 bits per heavy atom. The van der Waals surface area contributed by atoms with Crippen molar-refractivity contribution in [1.82, 2.24) is 4.90 Å². The number of fused-ring (bicyclic) bond motifs is 1. The van der Waals surface area contributed by atoms with E-state index in [4.69, 9.17) is 11.5 Å². The molecule has 20 heavy (non-hydrogen) atoms. The molecule has 108 valence electrons. The maximum atomic E-state index is 11.9. The topological polar surface area (TPSA) is 72.3 Å². The highest BCUT2D eigenvalue weighted by Crippen LogP contribution is 2.38. The molecule has 2 fully saturated rings. The number of hydrogen-bond acceptors (Lipinski definition) is 3. The number of amides is 1. The van der Waals surface area contributed by atoms with Gasteiger partial charge < -0.3 is 16.4 Å². The molecule has 1 saturated heterocycles. The van der Waals surface area contributed by atoms with E-state index < -0.39 is 11.4 Å². The molecule has 1 saturated carbocycles. The largest absolute Gasteiger partial charge is 0.368 e. The van der Waals surface area contributed by atoms with Crippen LogP contribution in [0.3, 0.4) is 0 Å². The summed E-state index contributed by atoms with van der Waals surface area (Å²) in [5.41, 5.74) is 11.7. The number of likely N-dealkylation sites (tertiary alicyclic amines) is 1. The van der Waals surface area contributed by atoms with Crippen LogP contribution in [-0.4, -0.2) is 30.4 Å². The van der Waals surface area contributed by atoms with E-state index in [9.17, 15) is 4.79 Å². The van der Waals surface area contributed by atoms with E-state index in [1.807, 2.05) is 30.3 Å². The van der Waals surface area contributed by atoms with Gasteiger partial charge in [-0.05, 0) is 30.2 Å². The van der Waals surface area contributed by atoms with Crippen LogP contribution >= 0.6 is 0 Å². The van der Waals surface area contributed by atoms with E-state index in [1.54, 1.807) is 0 Å². The Kier molecular flexibility index (Phi) is 3.52. The smallest absolute Gasteiger partial charge is 0.243 e. The molecule has 0 aromatic heterocycles. The first-order chi connectivity index (χ1) is 9.59. The fourth-order valence-electron chi connectivity index (χ4n) is 3.86. The van der Waals surface area contributed by atoms with Crippen LogP contribution in [0.25, 0.3) is 0 Å². The van der Waals surface area contributed by atoms with Crippen LogP contribution in [0.4, 0.5) is 0 Å². The Balaban J connectivity index is 1.77. The number of rotatable bonds is 4. The predicted molar refractivity (Wildman–Crippen MR) is 78.8 cm³/mol. The molecule has 2 aliphatic rings. The van der Waals surface area contributed by atoms with E-state index in [0.29, 0.717) is 6.54 Å². The molecule has 0 spiro atoms. The summed E-state index contributed by atoms with van der Waals surface area (Å²) in [6.07, 6.45) is 3.99. The van der Waals surface area contributed by atoms with Crippen molar-refractivity contribution in [1.29, 1.82) is 0 Å². The molecule has 3 unspecified atom stereocenters. The zero-order valence-corrected chi connectivity index (χ0v) is 11.8. The van der Waals surface area contributed by atoms with Crippen LogP contribution in [-0.2, 0) is 10.3 Å². The number of carbonyl (C=O) groups excluding carboxylic acids is 1. The van der Waals surface area contributed by atoms with Crippen molar-refractivity contribution in [2.45, 2.75) is 24.8 Å². The van der Waals surface area contributed by atoms with Crippen molar-refractivity contribution in [3.05, 3.63) is 35.9 Å². The Hall–Kier alpha value is -1.39. The van der Waals surface area contributed by atoms with E-state index in [2.05, 4.69) is 4.90 Å². The van der Waals surface area contributed by atoms with Gasteiger partial charge in [0.05, 0.1) is 0 Å². The summed E-state index contributed by atoms with van der Waals surface area (Å²) < 4.78 is 0. The maximum absolute atomic E-state index is 11.9. The lowest BCUT2D eigenvalue weighted by Gasteiger charge is -2.31. The molecule has 1 aliphatic carbocycles. The van der Waals surface area contributed by atoms with Gasteiger partial charge >= 0.3 is 0 Å². The Bertz CT molecular complexity index is 478.